The first-order chi connectivity index (χ1) is 22.7. The number of esters is 1. The Kier molecular flexibility index (Phi) is 9.36. The van der Waals surface area contributed by atoms with Gasteiger partial charge < -0.3 is 59.4 Å². The van der Waals surface area contributed by atoms with Crippen LogP contribution in [0.4, 0.5) is 0 Å². The van der Waals surface area contributed by atoms with Crippen LogP contribution in [0.3, 0.4) is 0 Å². The van der Waals surface area contributed by atoms with Crippen molar-refractivity contribution in [2.75, 3.05) is 13.2 Å². The zero-order chi connectivity index (χ0) is 34.3. The lowest BCUT2D eigenvalue weighted by molar-refractivity contribution is -0.360. The summed E-state index contributed by atoms with van der Waals surface area (Å²) in [5, 5.41) is 74.7. The Morgan fingerprint density at radius 2 is 1.56 bits per heavy atom. The molecule has 3 heterocycles. The van der Waals surface area contributed by atoms with Gasteiger partial charge in [0.25, 0.3) is 0 Å². The number of aliphatic hydroxyl groups excluding tert-OH is 6. The normalized spacial score (nSPS) is 55.3. The Labute approximate surface area is 281 Å². The molecule has 13 heteroatoms. The molecule has 7 N–H and O–H groups in total. The minimum atomic E-state index is -1.65. The van der Waals surface area contributed by atoms with Crippen LogP contribution in [0, 0.1) is 34.5 Å². The SMILES string of the molecule is C[C@H]1O[C@@H](O[C@H]2CC[C@@]3(C)[C@@H](CC[C@@H]4[C@@H]3CC[C@]3(C)[C@@H](C5=CC(=O)OC5)CC[C@]43O)C2)[C@H](O)[C@@H](O)[C@@H]1O[C@H]1O[C@H](CO)[C@@H](O)[C@H](O)[C@H]1O. The predicted octanol–water partition coefficient (Wildman–Crippen LogP) is 0.280. The van der Waals surface area contributed by atoms with Crippen molar-refractivity contribution in [2.45, 2.75) is 152 Å². The van der Waals surface area contributed by atoms with Crippen molar-refractivity contribution >= 4 is 5.97 Å². The second-order valence-corrected chi connectivity index (χ2v) is 16.3. The standard InChI is InChI=1S/C35H54O13/c1-16-30(48-32-28(41)26(39)25(38)23(14-36)47-32)27(40)29(42)31(45-16)46-19-6-9-33(2)18(13-19)4-5-22-21(33)7-10-34(3)20(8-11-35(22,34)43)17-12-24(37)44-15-17/h12,16,18-23,25-32,36,38-43H,4-11,13-15H2,1-3H3/t16-,18+,19+,20-,21+,22-,23-,25-,26+,27-,28-,29-,30-,31+,32-,33+,34-,35+/m1/s1. The van der Waals surface area contributed by atoms with Crippen LogP contribution >= 0.6 is 0 Å². The second kappa shape index (κ2) is 12.8. The molecule has 0 aromatic carbocycles. The highest BCUT2D eigenvalue weighted by atomic mass is 16.7. The molecule has 7 rings (SSSR count). The van der Waals surface area contributed by atoms with Gasteiger partial charge in [-0.2, -0.15) is 0 Å². The monoisotopic (exact) mass is 682 g/mol. The molecular formula is C35H54O13. The van der Waals surface area contributed by atoms with E-state index in [4.69, 9.17) is 23.7 Å². The molecule has 13 nitrogen and oxygen atoms in total. The van der Waals surface area contributed by atoms with Crippen LogP contribution in [-0.4, -0.2) is 128 Å². The third kappa shape index (κ3) is 5.42. The summed E-state index contributed by atoms with van der Waals surface area (Å²) in [6, 6.07) is 0. The minimum absolute atomic E-state index is 0.0345. The number of aliphatic hydroxyl groups is 7. The lowest BCUT2D eigenvalue weighted by Gasteiger charge is -2.64. The lowest BCUT2D eigenvalue weighted by atomic mass is 9.43. The Morgan fingerprint density at radius 3 is 2.27 bits per heavy atom. The van der Waals surface area contributed by atoms with Gasteiger partial charge in [-0.15, -0.1) is 0 Å². The third-order valence-corrected chi connectivity index (χ3v) is 14.2. The van der Waals surface area contributed by atoms with Crippen LogP contribution in [0.25, 0.3) is 0 Å². The molecule has 7 aliphatic rings. The molecule has 18 atom stereocenters. The summed E-state index contributed by atoms with van der Waals surface area (Å²) < 4.78 is 28.8. The fourth-order valence-corrected chi connectivity index (χ4v) is 11.3. The molecule has 3 aliphatic heterocycles. The Bertz CT molecular complexity index is 1240. The quantitative estimate of drug-likeness (QED) is 0.149. The van der Waals surface area contributed by atoms with Crippen LogP contribution in [-0.2, 0) is 28.5 Å². The highest BCUT2D eigenvalue weighted by Crippen LogP contribution is 2.70. The van der Waals surface area contributed by atoms with Gasteiger partial charge in [0, 0.05) is 11.5 Å². The molecule has 0 aromatic heterocycles. The van der Waals surface area contributed by atoms with Gasteiger partial charge in [0.05, 0.1) is 24.4 Å². The number of rotatable bonds is 6. The average molecular weight is 683 g/mol. The molecule has 6 fully saturated rings. The summed E-state index contributed by atoms with van der Waals surface area (Å²) in [7, 11) is 0. The molecule has 272 valence electrons. The minimum Gasteiger partial charge on any atom is -0.458 e. The topological polar surface area (TPSA) is 205 Å². The summed E-state index contributed by atoms with van der Waals surface area (Å²) in [4.78, 5) is 11.9. The van der Waals surface area contributed by atoms with E-state index in [1.54, 1.807) is 13.0 Å². The number of ether oxygens (including phenoxy) is 5. The lowest BCUT2D eigenvalue weighted by Crippen LogP contribution is -2.64. The van der Waals surface area contributed by atoms with Crippen LogP contribution in [0.1, 0.15) is 78.6 Å². The number of carbonyl (C=O) groups excluding carboxylic acids is 1. The van der Waals surface area contributed by atoms with Gasteiger partial charge in [-0.05, 0) is 99.4 Å². The van der Waals surface area contributed by atoms with E-state index in [-0.39, 0.29) is 34.7 Å². The molecule has 2 saturated heterocycles. The van der Waals surface area contributed by atoms with Gasteiger partial charge in [0.15, 0.2) is 12.6 Å². The van der Waals surface area contributed by atoms with E-state index in [0.717, 1.165) is 63.4 Å². The van der Waals surface area contributed by atoms with Gasteiger partial charge >= 0.3 is 5.97 Å². The van der Waals surface area contributed by atoms with E-state index in [1.807, 2.05) is 0 Å². The first kappa shape index (κ1) is 35.2. The molecular weight excluding hydrogens is 628 g/mol. The average Bonchev–Trinajstić information content (AvgIpc) is 3.61. The van der Waals surface area contributed by atoms with Crippen molar-refractivity contribution in [3.05, 3.63) is 11.6 Å². The zero-order valence-corrected chi connectivity index (χ0v) is 28.1. The van der Waals surface area contributed by atoms with E-state index in [9.17, 15) is 40.5 Å². The van der Waals surface area contributed by atoms with E-state index in [0.29, 0.717) is 18.4 Å². The maximum atomic E-state index is 12.5. The van der Waals surface area contributed by atoms with Crippen molar-refractivity contribution in [1.82, 2.24) is 0 Å². The summed E-state index contributed by atoms with van der Waals surface area (Å²) in [6.07, 6.45) is -4.12. The molecule has 0 spiro atoms. The fraction of sp³-hybridized carbons (Fsp3) is 0.914. The Balaban J connectivity index is 0.977. The Morgan fingerprint density at radius 1 is 0.833 bits per heavy atom. The number of hydrogen-bond donors (Lipinski definition) is 7. The molecule has 0 bridgehead atoms. The van der Waals surface area contributed by atoms with E-state index >= 15 is 0 Å². The third-order valence-electron chi connectivity index (χ3n) is 14.2. The van der Waals surface area contributed by atoms with Gasteiger partial charge in [-0.3, -0.25) is 0 Å². The summed E-state index contributed by atoms with van der Waals surface area (Å²) in [5.41, 5.74) is 0.00280. The number of fused-ring (bicyclic) bond motifs is 5. The van der Waals surface area contributed by atoms with Crippen molar-refractivity contribution < 1.29 is 64.2 Å². The van der Waals surface area contributed by atoms with E-state index in [2.05, 4.69) is 13.8 Å². The predicted molar refractivity (Wildman–Crippen MR) is 166 cm³/mol. The first-order valence-electron chi connectivity index (χ1n) is 17.9. The number of hydrogen-bond acceptors (Lipinski definition) is 13. The van der Waals surface area contributed by atoms with Crippen molar-refractivity contribution in [3.8, 4) is 0 Å². The maximum absolute atomic E-state index is 12.5. The van der Waals surface area contributed by atoms with Crippen LogP contribution in [0.2, 0.25) is 0 Å². The number of cyclic esters (lactones) is 1. The largest absolute Gasteiger partial charge is 0.458 e. The summed E-state index contributed by atoms with van der Waals surface area (Å²) in [5.74, 6) is 0.825. The summed E-state index contributed by atoms with van der Waals surface area (Å²) in [6.45, 7) is 5.97. The zero-order valence-electron chi connectivity index (χ0n) is 28.1. The maximum Gasteiger partial charge on any atom is 0.331 e. The molecule has 0 radical (unpaired) electrons. The molecule has 0 aromatic rings. The molecule has 0 unspecified atom stereocenters. The summed E-state index contributed by atoms with van der Waals surface area (Å²) >= 11 is 0. The van der Waals surface area contributed by atoms with Gasteiger partial charge in [0.2, 0.25) is 0 Å². The van der Waals surface area contributed by atoms with Gasteiger partial charge in [-0.1, -0.05) is 13.8 Å². The van der Waals surface area contributed by atoms with Crippen molar-refractivity contribution in [1.29, 1.82) is 0 Å². The second-order valence-electron chi connectivity index (χ2n) is 16.3. The van der Waals surface area contributed by atoms with Gasteiger partial charge in [-0.25, -0.2) is 4.79 Å². The number of carbonyl (C=O) groups is 1. The molecule has 0 amide bonds. The van der Waals surface area contributed by atoms with E-state index < -0.39 is 73.6 Å². The highest BCUT2D eigenvalue weighted by molar-refractivity contribution is 5.85. The van der Waals surface area contributed by atoms with Crippen molar-refractivity contribution in [2.24, 2.45) is 34.5 Å². The first-order valence-corrected chi connectivity index (χ1v) is 17.9. The molecule has 48 heavy (non-hydrogen) atoms. The van der Waals surface area contributed by atoms with Crippen LogP contribution in [0.5, 0.6) is 0 Å². The van der Waals surface area contributed by atoms with Crippen molar-refractivity contribution in [3.63, 3.8) is 0 Å². The highest BCUT2D eigenvalue weighted by Gasteiger charge is 2.68. The fourth-order valence-electron chi connectivity index (χ4n) is 11.3. The molecule has 4 aliphatic carbocycles. The molecule has 4 saturated carbocycles. The van der Waals surface area contributed by atoms with Crippen LogP contribution in [0.15, 0.2) is 11.6 Å². The Hall–Kier alpha value is -1.23. The van der Waals surface area contributed by atoms with Crippen LogP contribution < -0.4 is 0 Å². The van der Waals surface area contributed by atoms with E-state index in [1.165, 1.54) is 0 Å². The van der Waals surface area contributed by atoms with Gasteiger partial charge in [0.1, 0.15) is 49.3 Å². The smallest absolute Gasteiger partial charge is 0.331 e.